The van der Waals surface area contributed by atoms with Crippen LogP contribution in [0.3, 0.4) is 0 Å². The van der Waals surface area contributed by atoms with Crippen molar-refractivity contribution in [2.24, 2.45) is 0 Å². The molecule has 6 rings (SSSR count). The van der Waals surface area contributed by atoms with E-state index in [0.29, 0.717) is 12.8 Å². The summed E-state index contributed by atoms with van der Waals surface area (Å²) in [5, 5.41) is 19.7. The predicted octanol–water partition coefficient (Wildman–Crippen LogP) is 4.59. The molecule has 6 nitrogen and oxygen atoms in total. The molecule has 1 saturated heterocycles. The van der Waals surface area contributed by atoms with Crippen molar-refractivity contribution >= 4 is 27.6 Å². The molecule has 1 fully saturated rings. The Morgan fingerprint density at radius 2 is 1.65 bits per heavy atom. The normalized spacial score (nSPS) is 16.2. The minimum absolute atomic E-state index is 0.711. The SMILES string of the molecule is OC1(c2ccccc2)CCN(c2ccc3nc(-c4n[nH]c5ccccc45)[nH]c3c2)CC1. The van der Waals surface area contributed by atoms with E-state index >= 15 is 0 Å². The van der Waals surface area contributed by atoms with Gasteiger partial charge in [-0.3, -0.25) is 5.10 Å². The van der Waals surface area contributed by atoms with Crippen LogP contribution in [0.5, 0.6) is 0 Å². The van der Waals surface area contributed by atoms with Gasteiger partial charge < -0.3 is 15.0 Å². The topological polar surface area (TPSA) is 80.8 Å². The molecule has 0 saturated carbocycles. The molecule has 0 amide bonds. The maximum absolute atomic E-state index is 11.1. The minimum Gasteiger partial charge on any atom is -0.385 e. The number of aliphatic hydroxyl groups is 1. The first kappa shape index (κ1) is 18.2. The fourth-order valence-corrected chi connectivity index (χ4v) is 4.62. The van der Waals surface area contributed by atoms with Gasteiger partial charge in [-0.15, -0.1) is 0 Å². The average molecular weight is 409 g/mol. The zero-order valence-corrected chi connectivity index (χ0v) is 17.0. The van der Waals surface area contributed by atoms with Gasteiger partial charge >= 0.3 is 0 Å². The molecule has 3 aromatic carbocycles. The van der Waals surface area contributed by atoms with Crippen LogP contribution in [-0.2, 0) is 5.60 Å². The lowest BCUT2D eigenvalue weighted by Crippen LogP contribution is -2.42. The lowest BCUT2D eigenvalue weighted by molar-refractivity contribution is 0.0118. The number of nitrogens with one attached hydrogen (secondary N) is 2. The van der Waals surface area contributed by atoms with E-state index < -0.39 is 5.60 Å². The van der Waals surface area contributed by atoms with E-state index in [1.54, 1.807) is 0 Å². The lowest BCUT2D eigenvalue weighted by atomic mass is 9.84. The van der Waals surface area contributed by atoms with E-state index in [-0.39, 0.29) is 0 Å². The van der Waals surface area contributed by atoms with E-state index in [4.69, 9.17) is 4.98 Å². The first-order valence-electron chi connectivity index (χ1n) is 10.7. The maximum Gasteiger partial charge on any atom is 0.159 e. The van der Waals surface area contributed by atoms with Crippen LogP contribution in [-0.4, -0.2) is 38.4 Å². The number of piperidine rings is 1. The summed E-state index contributed by atoms with van der Waals surface area (Å²) in [4.78, 5) is 10.5. The molecule has 31 heavy (non-hydrogen) atoms. The number of hydrogen-bond donors (Lipinski definition) is 3. The number of imidazole rings is 1. The highest BCUT2D eigenvalue weighted by molar-refractivity contribution is 5.93. The molecular formula is C25H23N5O. The van der Waals surface area contributed by atoms with Crippen LogP contribution in [0.15, 0.2) is 72.8 Å². The largest absolute Gasteiger partial charge is 0.385 e. The summed E-state index contributed by atoms with van der Waals surface area (Å²) in [5.41, 5.74) is 5.15. The Labute approximate surface area is 179 Å². The minimum atomic E-state index is -0.746. The Balaban J connectivity index is 1.27. The predicted molar refractivity (Wildman–Crippen MR) is 123 cm³/mol. The summed E-state index contributed by atoms with van der Waals surface area (Å²) >= 11 is 0. The summed E-state index contributed by atoms with van der Waals surface area (Å²) < 4.78 is 0. The van der Waals surface area contributed by atoms with Crippen molar-refractivity contribution in [3.05, 3.63) is 78.4 Å². The fraction of sp³-hybridized carbons (Fsp3) is 0.200. The van der Waals surface area contributed by atoms with Crippen LogP contribution in [0.25, 0.3) is 33.5 Å². The monoisotopic (exact) mass is 409 g/mol. The summed E-state index contributed by atoms with van der Waals surface area (Å²) in [7, 11) is 0. The van der Waals surface area contributed by atoms with Crippen molar-refractivity contribution in [1.29, 1.82) is 0 Å². The zero-order valence-electron chi connectivity index (χ0n) is 17.0. The molecule has 0 aliphatic carbocycles. The number of aromatic amines is 2. The van der Waals surface area contributed by atoms with Gasteiger partial charge in [-0.1, -0.05) is 48.5 Å². The first-order chi connectivity index (χ1) is 15.2. The Morgan fingerprint density at radius 3 is 2.48 bits per heavy atom. The Bertz CT molecular complexity index is 1360. The number of nitrogens with zero attached hydrogens (tertiary/aromatic N) is 3. The highest BCUT2D eigenvalue weighted by Crippen LogP contribution is 2.35. The van der Waals surface area contributed by atoms with Gasteiger partial charge in [-0.05, 0) is 42.7 Å². The van der Waals surface area contributed by atoms with E-state index in [1.165, 1.54) is 0 Å². The fourth-order valence-electron chi connectivity index (χ4n) is 4.62. The van der Waals surface area contributed by atoms with Crippen molar-refractivity contribution in [1.82, 2.24) is 20.2 Å². The van der Waals surface area contributed by atoms with Crippen molar-refractivity contribution < 1.29 is 5.11 Å². The van der Waals surface area contributed by atoms with Crippen molar-refractivity contribution in [3.63, 3.8) is 0 Å². The van der Waals surface area contributed by atoms with Crippen LogP contribution < -0.4 is 4.90 Å². The van der Waals surface area contributed by atoms with Crippen molar-refractivity contribution in [2.45, 2.75) is 18.4 Å². The van der Waals surface area contributed by atoms with Crippen LogP contribution in [0, 0.1) is 0 Å². The van der Waals surface area contributed by atoms with Gasteiger partial charge in [-0.25, -0.2) is 4.98 Å². The van der Waals surface area contributed by atoms with E-state index in [0.717, 1.165) is 57.8 Å². The smallest absolute Gasteiger partial charge is 0.159 e. The second-order valence-corrected chi connectivity index (χ2v) is 8.29. The molecule has 5 aromatic rings. The molecule has 0 bridgehead atoms. The summed E-state index contributed by atoms with van der Waals surface area (Å²) in [6, 6.07) is 24.4. The van der Waals surface area contributed by atoms with Gasteiger partial charge in [0.2, 0.25) is 0 Å². The van der Waals surface area contributed by atoms with Crippen LogP contribution in [0.4, 0.5) is 5.69 Å². The third-order valence-electron chi connectivity index (χ3n) is 6.43. The van der Waals surface area contributed by atoms with E-state index in [1.807, 2.05) is 54.6 Å². The number of benzene rings is 3. The van der Waals surface area contributed by atoms with E-state index in [2.05, 4.69) is 38.3 Å². The van der Waals surface area contributed by atoms with Gasteiger partial charge in [0.25, 0.3) is 0 Å². The Morgan fingerprint density at radius 1 is 0.871 bits per heavy atom. The summed E-state index contributed by atoms with van der Waals surface area (Å²) in [6.45, 7) is 1.61. The molecule has 2 aromatic heterocycles. The third kappa shape index (κ3) is 3.07. The molecule has 6 heteroatoms. The van der Waals surface area contributed by atoms with Gasteiger partial charge in [0.15, 0.2) is 5.82 Å². The second kappa shape index (κ2) is 6.96. The molecule has 0 atom stereocenters. The van der Waals surface area contributed by atoms with Gasteiger partial charge in [0.05, 0.1) is 22.2 Å². The summed E-state index contributed by atoms with van der Waals surface area (Å²) in [6.07, 6.45) is 1.42. The second-order valence-electron chi connectivity index (χ2n) is 8.29. The number of anilines is 1. The lowest BCUT2D eigenvalue weighted by Gasteiger charge is -2.39. The third-order valence-corrected chi connectivity index (χ3v) is 6.43. The standard InChI is InChI=1S/C25H23N5O/c31-25(17-6-2-1-3-7-17)12-14-30(15-13-25)18-10-11-21-22(16-18)27-24(26-21)23-19-8-4-5-9-20(19)28-29-23/h1-11,16,31H,12-15H2,(H,26,27)(H,28,29). The molecule has 0 radical (unpaired) electrons. The van der Waals surface area contributed by atoms with Crippen LogP contribution in [0.1, 0.15) is 18.4 Å². The van der Waals surface area contributed by atoms with Crippen molar-refractivity contribution in [3.8, 4) is 11.5 Å². The van der Waals surface area contributed by atoms with Crippen LogP contribution in [0.2, 0.25) is 0 Å². The molecule has 0 unspecified atom stereocenters. The Hall–Kier alpha value is -3.64. The highest BCUT2D eigenvalue weighted by atomic mass is 16.3. The highest BCUT2D eigenvalue weighted by Gasteiger charge is 2.34. The number of H-pyrrole nitrogens is 2. The van der Waals surface area contributed by atoms with Gasteiger partial charge in [0.1, 0.15) is 5.69 Å². The number of para-hydroxylation sites is 1. The van der Waals surface area contributed by atoms with Gasteiger partial charge in [-0.2, -0.15) is 5.10 Å². The number of hydrogen-bond acceptors (Lipinski definition) is 4. The average Bonchev–Trinajstić information content (AvgIpc) is 3.43. The molecule has 1 aliphatic rings. The van der Waals surface area contributed by atoms with E-state index in [9.17, 15) is 5.11 Å². The number of aromatic nitrogens is 4. The number of fused-ring (bicyclic) bond motifs is 2. The molecule has 154 valence electrons. The molecule has 0 spiro atoms. The number of rotatable bonds is 3. The first-order valence-corrected chi connectivity index (χ1v) is 10.7. The quantitative estimate of drug-likeness (QED) is 0.407. The molecule has 3 N–H and O–H groups in total. The van der Waals surface area contributed by atoms with Gasteiger partial charge in [0, 0.05) is 24.2 Å². The molecule has 3 heterocycles. The van der Waals surface area contributed by atoms with Crippen molar-refractivity contribution in [2.75, 3.05) is 18.0 Å². The Kier molecular flexibility index (Phi) is 4.07. The summed E-state index contributed by atoms with van der Waals surface area (Å²) in [5.74, 6) is 0.765. The van der Waals surface area contributed by atoms with Crippen LogP contribution >= 0.6 is 0 Å². The molecule has 1 aliphatic heterocycles. The maximum atomic E-state index is 11.1. The molecular weight excluding hydrogens is 386 g/mol. The zero-order chi connectivity index (χ0) is 20.8.